The zero-order valence-corrected chi connectivity index (χ0v) is 14.7. The Kier molecular flexibility index (Phi) is 8.88. The van der Waals surface area contributed by atoms with Crippen LogP contribution in [0.5, 0.6) is 0 Å². The minimum absolute atomic E-state index is 0.260. The lowest BCUT2D eigenvalue weighted by Gasteiger charge is -2.25. The molecular formula is C16H26N2O6. The van der Waals surface area contributed by atoms with Gasteiger partial charge in [0.1, 0.15) is 0 Å². The topological polar surface area (TPSA) is 95.1 Å². The van der Waals surface area contributed by atoms with Gasteiger partial charge in [-0.1, -0.05) is 0 Å². The van der Waals surface area contributed by atoms with E-state index >= 15 is 0 Å². The third-order valence-corrected chi connectivity index (χ3v) is 3.59. The standard InChI is InChI=1S/C16H26N2O6/c1-21-7-5-17-13-9-12(16(20)24-4)14(18-6-8-22-2)10-11(13)15(19)23-3/h17-18H,5-10H2,1-4H3. The lowest BCUT2D eigenvalue weighted by molar-refractivity contribution is -0.137. The third kappa shape index (κ3) is 5.54. The number of hydrogen-bond acceptors (Lipinski definition) is 8. The molecule has 1 rings (SSSR count). The molecule has 0 bridgehead atoms. The van der Waals surface area contributed by atoms with Gasteiger partial charge in [0, 0.05) is 51.5 Å². The number of ether oxygens (including phenoxy) is 4. The van der Waals surface area contributed by atoms with E-state index in [1.165, 1.54) is 14.2 Å². The summed E-state index contributed by atoms with van der Waals surface area (Å²) in [7, 11) is 5.85. The predicted octanol–water partition coefficient (Wildman–Crippen LogP) is 0.106. The molecule has 0 aliphatic heterocycles. The lowest BCUT2D eigenvalue weighted by atomic mass is 9.92. The highest BCUT2D eigenvalue weighted by atomic mass is 16.5. The molecule has 0 radical (unpaired) electrons. The number of esters is 2. The predicted molar refractivity (Wildman–Crippen MR) is 87.1 cm³/mol. The summed E-state index contributed by atoms with van der Waals surface area (Å²) in [5, 5.41) is 6.29. The summed E-state index contributed by atoms with van der Waals surface area (Å²) in [6.07, 6.45) is 0.520. The van der Waals surface area contributed by atoms with Gasteiger partial charge in [-0.3, -0.25) is 0 Å². The molecule has 1 aliphatic rings. The largest absolute Gasteiger partial charge is 0.466 e. The van der Waals surface area contributed by atoms with Gasteiger partial charge in [0.2, 0.25) is 0 Å². The highest BCUT2D eigenvalue weighted by Gasteiger charge is 2.29. The van der Waals surface area contributed by atoms with Crippen molar-refractivity contribution < 1.29 is 28.5 Å². The molecule has 0 saturated heterocycles. The maximum atomic E-state index is 12.1. The molecule has 0 saturated carbocycles. The molecular weight excluding hydrogens is 316 g/mol. The minimum atomic E-state index is -0.426. The molecule has 2 N–H and O–H groups in total. The van der Waals surface area contributed by atoms with E-state index in [-0.39, 0.29) is 12.8 Å². The van der Waals surface area contributed by atoms with Crippen LogP contribution in [0.1, 0.15) is 12.8 Å². The second-order valence-electron chi connectivity index (χ2n) is 5.09. The van der Waals surface area contributed by atoms with Crippen molar-refractivity contribution in [2.75, 3.05) is 54.7 Å². The van der Waals surface area contributed by atoms with E-state index in [4.69, 9.17) is 18.9 Å². The Bertz CT molecular complexity index is 467. The summed E-state index contributed by atoms with van der Waals surface area (Å²) in [6.45, 7) is 2.00. The number of methoxy groups -OCH3 is 4. The molecule has 0 fully saturated rings. The monoisotopic (exact) mass is 342 g/mol. The number of rotatable bonds is 10. The molecule has 0 spiro atoms. The molecule has 0 amide bonds. The first-order valence-electron chi connectivity index (χ1n) is 7.65. The van der Waals surface area contributed by atoms with Crippen molar-refractivity contribution in [3.8, 4) is 0 Å². The fourth-order valence-corrected chi connectivity index (χ4v) is 2.36. The van der Waals surface area contributed by atoms with Crippen LogP contribution in [0.25, 0.3) is 0 Å². The van der Waals surface area contributed by atoms with E-state index in [9.17, 15) is 9.59 Å². The smallest absolute Gasteiger partial charge is 0.335 e. The molecule has 8 heteroatoms. The molecule has 0 aromatic rings. The molecule has 0 unspecified atom stereocenters. The van der Waals surface area contributed by atoms with Gasteiger partial charge in [0.15, 0.2) is 0 Å². The van der Waals surface area contributed by atoms with E-state index in [2.05, 4.69) is 10.6 Å². The van der Waals surface area contributed by atoms with Crippen molar-refractivity contribution >= 4 is 11.9 Å². The Morgan fingerprint density at radius 2 is 1.17 bits per heavy atom. The van der Waals surface area contributed by atoms with Gasteiger partial charge in [-0.15, -0.1) is 0 Å². The van der Waals surface area contributed by atoms with Crippen LogP contribution in [0, 0.1) is 0 Å². The van der Waals surface area contributed by atoms with Crippen LogP contribution in [0.4, 0.5) is 0 Å². The molecule has 8 nitrogen and oxygen atoms in total. The lowest BCUT2D eigenvalue weighted by Crippen LogP contribution is -2.31. The molecule has 24 heavy (non-hydrogen) atoms. The molecule has 136 valence electrons. The van der Waals surface area contributed by atoms with Crippen molar-refractivity contribution in [3.05, 3.63) is 22.5 Å². The van der Waals surface area contributed by atoms with Crippen molar-refractivity contribution in [3.63, 3.8) is 0 Å². The number of allylic oxidation sites excluding steroid dienone is 2. The summed E-state index contributed by atoms with van der Waals surface area (Å²) < 4.78 is 19.7. The summed E-state index contributed by atoms with van der Waals surface area (Å²) in [4.78, 5) is 24.2. The molecule has 0 heterocycles. The Balaban J connectivity index is 3.03. The second-order valence-corrected chi connectivity index (χ2v) is 5.09. The SMILES string of the molecule is COCCNC1=C(C(=O)OC)CC(NCCOC)=C(C(=O)OC)C1. The quantitative estimate of drug-likeness (QED) is 0.427. The van der Waals surface area contributed by atoms with Crippen LogP contribution in [-0.4, -0.2) is 66.7 Å². The van der Waals surface area contributed by atoms with Crippen LogP contribution >= 0.6 is 0 Å². The van der Waals surface area contributed by atoms with Crippen molar-refractivity contribution in [1.82, 2.24) is 10.6 Å². The van der Waals surface area contributed by atoms with Crippen molar-refractivity contribution in [2.45, 2.75) is 12.8 Å². The maximum absolute atomic E-state index is 12.1. The Morgan fingerprint density at radius 1 is 0.792 bits per heavy atom. The van der Waals surface area contributed by atoms with Gasteiger partial charge in [-0.05, 0) is 0 Å². The van der Waals surface area contributed by atoms with Gasteiger partial charge >= 0.3 is 11.9 Å². The zero-order chi connectivity index (χ0) is 17.9. The maximum Gasteiger partial charge on any atom is 0.335 e. The van der Waals surface area contributed by atoms with Gasteiger partial charge in [-0.2, -0.15) is 0 Å². The van der Waals surface area contributed by atoms with Gasteiger partial charge in [0.25, 0.3) is 0 Å². The highest BCUT2D eigenvalue weighted by molar-refractivity contribution is 5.95. The first-order chi connectivity index (χ1) is 11.6. The van der Waals surface area contributed by atoms with Crippen LogP contribution in [-0.2, 0) is 28.5 Å². The van der Waals surface area contributed by atoms with Crippen LogP contribution in [0.2, 0.25) is 0 Å². The van der Waals surface area contributed by atoms with Crippen LogP contribution in [0.3, 0.4) is 0 Å². The van der Waals surface area contributed by atoms with Gasteiger partial charge in [-0.25, -0.2) is 9.59 Å². The van der Waals surface area contributed by atoms with E-state index < -0.39 is 11.9 Å². The molecule has 0 aromatic heterocycles. The van der Waals surface area contributed by atoms with E-state index in [0.29, 0.717) is 48.8 Å². The molecule has 0 atom stereocenters. The average Bonchev–Trinajstić information content (AvgIpc) is 2.61. The summed E-state index contributed by atoms with van der Waals surface area (Å²) >= 11 is 0. The Morgan fingerprint density at radius 3 is 1.46 bits per heavy atom. The number of hydrogen-bond donors (Lipinski definition) is 2. The van der Waals surface area contributed by atoms with Crippen LogP contribution < -0.4 is 10.6 Å². The normalized spacial score (nSPS) is 14.5. The molecule has 0 aromatic carbocycles. The minimum Gasteiger partial charge on any atom is -0.466 e. The fourth-order valence-electron chi connectivity index (χ4n) is 2.36. The fraction of sp³-hybridized carbons (Fsp3) is 0.625. The third-order valence-electron chi connectivity index (χ3n) is 3.59. The Labute approximate surface area is 142 Å². The van der Waals surface area contributed by atoms with E-state index in [1.807, 2.05) is 0 Å². The second kappa shape index (κ2) is 10.7. The van der Waals surface area contributed by atoms with Gasteiger partial charge < -0.3 is 29.6 Å². The summed E-state index contributed by atoms with van der Waals surface area (Å²) in [5.41, 5.74) is 2.27. The van der Waals surface area contributed by atoms with Crippen molar-refractivity contribution in [1.29, 1.82) is 0 Å². The van der Waals surface area contributed by atoms with Gasteiger partial charge in [0.05, 0.1) is 38.6 Å². The van der Waals surface area contributed by atoms with E-state index in [0.717, 1.165) is 0 Å². The molecule has 1 aliphatic carbocycles. The summed E-state index contributed by atoms with van der Waals surface area (Å²) in [5.74, 6) is -0.852. The van der Waals surface area contributed by atoms with E-state index in [1.54, 1.807) is 14.2 Å². The zero-order valence-electron chi connectivity index (χ0n) is 14.7. The van der Waals surface area contributed by atoms with Crippen molar-refractivity contribution in [2.24, 2.45) is 0 Å². The first-order valence-corrected chi connectivity index (χ1v) is 7.65. The highest BCUT2D eigenvalue weighted by Crippen LogP contribution is 2.29. The van der Waals surface area contributed by atoms with Crippen LogP contribution in [0.15, 0.2) is 22.5 Å². The average molecular weight is 342 g/mol. The first kappa shape index (κ1) is 20.0. The Hall–Kier alpha value is -2.06. The summed E-state index contributed by atoms with van der Waals surface area (Å²) in [6, 6.07) is 0. The number of carbonyl (C=O) groups is 2. The number of nitrogens with one attached hydrogen (secondary N) is 2. The number of carbonyl (C=O) groups excluding carboxylic acids is 2.